The highest BCUT2D eigenvalue weighted by Gasteiger charge is 2.20. The van der Waals surface area contributed by atoms with Crippen LogP contribution in [0.4, 0.5) is 0 Å². The van der Waals surface area contributed by atoms with Crippen LogP contribution < -0.4 is 0 Å². The molecule has 16 heavy (non-hydrogen) atoms. The number of ketones is 1. The number of H-pyrrole nitrogens is 1. The van der Waals surface area contributed by atoms with E-state index in [2.05, 4.69) is 25.7 Å². The second kappa shape index (κ2) is 4.09. The fourth-order valence-corrected chi connectivity index (χ4v) is 1.99. The number of hydrogen-bond acceptors (Lipinski definition) is 3. The van der Waals surface area contributed by atoms with Gasteiger partial charge in [0.15, 0.2) is 0 Å². The van der Waals surface area contributed by atoms with Crippen molar-refractivity contribution in [2.24, 2.45) is 0 Å². The van der Waals surface area contributed by atoms with Gasteiger partial charge in [0.1, 0.15) is 0 Å². The van der Waals surface area contributed by atoms with E-state index in [0.29, 0.717) is 10.9 Å². The SMILES string of the molecule is COC(=O)C(=O)c1c[nH]c2c(Br)cccc12. The van der Waals surface area contributed by atoms with Crippen LogP contribution in [-0.4, -0.2) is 23.8 Å². The highest BCUT2D eigenvalue weighted by Crippen LogP contribution is 2.25. The number of aromatic nitrogens is 1. The van der Waals surface area contributed by atoms with Crippen molar-refractivity contribution in [1.29, 1.82) is 0 Å². The van der Waals surface area contributed by atoms with Gasteiger partial charge in [0.05, 0.1) is 18.2 Å². The number of methoxy groups -OCH3 is 1. The fraction of sp³-hybridized carbons (Fsp3) is 0.0909. The molecule has 0 radical (unpaired) electrons. The molecular weight excluding hydrogens is 274 g/mol. The summed E-state index contributed by atoms with van der Waals surface area (Å²) in [5, 5.41) is 0.699. The first kappa shape index (κ1) is 10.9. The van der Waals surface area contributed by atoms with Crippen LogP contribution in [0.25, 0.3) is 10.9 Å². The minimum atomic E-state index is -0.860. The van der Waals surface area contributed by atoms with Gasteiger partial charge < -0.3 is 9.72 Å². The molecule has 0 aliphatic carbocycles. The highest BCUT2D eigenvalue weighted by atomic mass is 79.9. The molecule has 0 unspecified atom stereocenters. The smallest absolute Gasteiger partial charge is 0.379 e. The monoisotopic (exact) mass is 281 g/mol. The van der Waals surface area contributed by atoms with Crippen molar-refractivity contribution in [3.8, 4) is 0 Å². The first-order valence-corrected chi connectivity index (χ1v) is 5.32. The number of carbonyl (C=O) groups excluding carboxylic acids is 2. The third-order valence-electron chi connectivity index (χ3n) is 2.28. The molecule has 1 heterocycles. The van der Waals surface area contributed by atoms with Crippen LogP contribution in [0.3, 0.4) is 0 Å². The summed E-state index contributed by atoms with van der Waals surface area (Å²) in [6.45, 7) is 0. The zero-order chi connectivity index (χ0) is 11.7. The van der Waals surface area contributed by atoms with Crippen LogP contribution >= 0.6 is 15.9 Å². The lowest BCUT2D eigenvalue weighted by Gasteiger charge is -1.97. The standard InChI is InChI=1S/C11H8BrNO3/c1-16-11(15)10(14)7-5-13-9-6(7)3-2-4-8(9)12/h2-5,13H,1H3. The van der Waals surface area contributed by atoms with E-state index in [-0.39, 0.29) is 0 Å². The predicted octanol–water partition coefficient (Wildman–Crippen LogP) is 2.29. The van der Waals surface area contributed by atoms with Gasteiger partial charge in [-0.1, -0.05) is 12.1 Å². The molecule has 1 aromatic carbocycles. The van der Waals surface area contributed by atoms with E-state index >= 15 is 0 Å². The molecule has 0 aliphatic heterocycles. The molecule has 0 spiro atoms. The van der Waals surface area contributed by atoms with Crippen molar-refractivity contribution in [3.05, 3.63) is 34.4 Å². The lowest BCUT2D eigenvalue weighted by molar-refractivity contribution is -0.135. The first-order chi connectivity index (χ1) is 7.65. The van der Waals surface area contributed by atoms with Crippen LogP contribution in [0.15, 0.2) is 28.9 Å². The quantitative estimate of drug-likeness (QED) is 0.522. The molecule has 1 N–H and O–H groups in total. The van der Waals surface area contributed by atoms with Crippen LogP contribution in [0, 0.1) is 0 Å². The number of fused-ring (bicyclic) bond motifs is 1. The van der Waals surface area contributed by atoms with Gasteiger partial charge >= 0.3 is 5.97 Å². The van der Waals surface area contributed by atoms with Crippen LogP contribution in [0.5, 0.6) is 0 Å². The minimum absolute atomic E-state index is 0.322. The molecular formula is C11H8BrNO3. The first-order valence-electron chi connectivity index (χ1n) is 4.53. The predicted molar refractivity (Wildman–Crippen MR) is 62.3 cm³/mol. The van der Waals surface area contributed by atoms with Crippen LogP contribution in [-0.2, 0) is 9.53 Å². The molecule has 5 heteroatoms. The van der Waals surface area contributed by atoms with Gasteiger partial charge in [-0.2, -0.15) is 0 Å². The Morgan fingerprint density at radius 1 is 1.38 bits per heavy atom. The number of halogens is 1. The third kappa shape index (κ3) is 1.63. The van der Waals surface area contributed by atoms with Crippen LogP contribution in [0.1, 0.15) is 10.4 Å². The number of benzene rings is 1. The normalized spacial score (nSPS) is 10.4. The van der Waals surface area contributed by atoms with E-state index in [1.807, 2.05) is 6.07 Å². The average molecular weight is 282 g/mol. The number of rotatable bonds is 2. The maximum absolute atomic E-state index is 11.7. The number of nitrogens with one attached hydrogen (secondary N) is 1. The number of para-hydroxylation sites is 1. The van der Waals surface area contributed by atoms with E-state index in [1.54, 1.807) is 12.1 Å². The molecule has 2 aromatic rings. The average Bonchev–Trinajstić information content (AvgIpc) is 2.72. The molecule has 0 bridgehead atoms. The fourth-order valence-electron chi connectivity index (χ4n) is 1.51. The van der Waals surface area contributed by atoms with Crippen molar-refractivity contribution in [2.45, 2.75) is 0 Å². The molecule has 0 saturated carbocycles. The summed E-state index contributed by atoms with van der Waals surface area (Å²) >= 11 is 3.35. The van der Waals surface area contributed by atoms with Crippen molar-refractivity contribution >= 4 is 38.6 Å². The topological polar surface area (TPSA) is 59.2 Å². The van der Waals surface area contributed by atoms with Crippen molar-refractivity contribution < 1.29 is 14.3 Å². The molecule has 82 valence electrons. The Kier molecular flexibility index (Phi) is 2.78. The molecule has 0 aliphatic rings. The lowest BCUT2D eigenvalue weighted by Crippen LogP contribution is -2.15. The molecule has 0 atom stereocenters. The molecule has 0 fully saturated rings. The number of hydrogen-bond donors (Lipinski definition) is 1. The summed E-state index contributed by atoms with van der Waals surface area (Å²) < 4.78 is 5.24. The number of aromatic amines is 1. The van der Waals surface area contributed by atoms with Gasteiger partial charge in [0.25, 0.3) is 5.78 Å². The van der Waals surface area contributed by atoms with E-state index in [0.717, 1.165) is 9.99 Å². The Balaban J connectivity index is 2.59. The second-order valence-electron chi connectivity index (χ2n) is 3.19. The zero-order valence-corrected chi connectivity index (χ0v) is 10.00. The van der Waals surface area contributed by atoms with Crippen molar-refractivity contribution in [1.82, 2.24) is 4.98 Å². The minimum Gasteiger partial charge on any atom is -0.463 e. The Morgan fingerprint density at radius 2 is 2.12 bits per heavy atom. The largest absolute Gasteiger partial charge is 0.463 e. The van der Waals surface area contributed by atoms with Gasteiger partial charge in [-0.15, -0.1) is 0 Å². The maximum Gasteiger partial charge on any atom is 0.379 e. The van der Waals surface area contributed by atoms with E-state index in [1.165, 1.54) is 13.3 Å². The van der Waals surface area contributed by atoms with Gasteiger partial charge in [-0.25, -0.2) is 4.79 Å². The molecule has 4 nitrogen and oxygen atoms in total. The van der Waals surface area contributed by atoms with Crippen LogP contribution in [0.2, 0.25) is 0 Å². The molecule has 0 amide bonds. The summed E-state index contributed by atoms with van der Waals surface area (Å²) in [7, 11) is 1.19. The van der Waals surface area contributed by atoms with E-state index < -0.39 is 11.8 Å². The molecule has 1 aromatic heterocycles. The van der Waals surface area contributed by atoms with Crippen molar-refractivity contribution in [3.63, 3.8) is 0 Å². The summed E-state index contributed by atoms with van der Waals surface area (Å²) in [5.41, 5.74) is 1.11. The summed E-state index contributed by atoms with van der Waals surface area (Å²) in [4.78, 5) is 25.7. The molecule has 0 saturated heterocycles. The Labute approximate surface area is 99.7 Å². The van der Waals surface area contributed by atoms with Gasteiger partial charge in [0, 0.05) is 16.1 Å². The lowest BCUT2D eigenvalue weighted by atomic mass is 10.1. The Morgan fingerprint density at radius 3 is 2.81 bits per heavy atom. The van der Waals surface area contributed by atoms with Gasteiger partial charge in [-0.05, 0) is 22.0 Å². The number of esters is 1. The summed E-state index contributed by atoms with van der Waals surface area (Å²) in [6.07, 6.45) is 1.51. The maximum atomic E-state index is 11.7. The number of Topliss-reactive ketones (excluding diaryl/α,β-unsaturated/α-hetero) is 1. The third-order valence-corrected chi connectivity index (χ3v) is 2.94. The highest BCUT2D eigenvalue weighted by molar-refractivity contribution is 9.10. The van der Waals surface area contributed by atoms with Gasteiger partial charge in [-0.3, -0.25) is 4.79 Å². The second-order valence-corrected chi connectivity index (χ2v) is 4.04. The number of ether oxygens (including phenoxy) is 1. The Hall–Kier alpha value is -1.62. The summed E-state index contributed by atoms with van der Waals surface area (Å²) in [6, 6.07) is 5.42. The van der Waals surface area contributed by atoms with E-state index in [4.69, 9.17) is 0 Å². The number of carbonyl (C=O) groups is 2. The van der Waals surface area contributed by atoms with Gasteiger partial charge in [0.2, 0.25) is 0 Å². The Bertz CT molecular complexity index is 574. The van der Waals surface area contributed by atoms with Crippen molar-refractivity contribution in [2.75, 3.05) is 7.11 Å². The zero-order valence-electron chi connectivity index (χ0n) is 8.41. The summed E-state index contributed by atoms with van der Waals surface area (Å²) in [5.74, 6) is -1.51. The molecule has 2 rings (SSSR count). The van der Waals surface area contributed by atoms with E-state index in [9.17, 15) is 9.59 Å².